The molecule has 1 saturated heterocycles. The lowest BCUT2D eigenvalue weighted by molar-refractivity contribution is -0.133. The Morgan fingerprint density at radius 1 is 1.50 bits per heavy atom. The molecule has 1 aliphatic rings. The van der Waals surface area contributed by atoms with Gasteiger partial charge in [0.2, 0.25) is 17.7 Å². The molecule has 2 amide bonds. The van der Waals surface area contributed by atoms with Gasteiger partial charge >= 0.3 is 0 Å². The van der Waals surface area contributed by atoms with Crippen LogP contribution in [0.2, 0.25) is 0 Å². The second-order valence-corrected chi connectivity index (χ2v) is 5.38. The third kappa shape index (κ3) is 4.52. The van der Waals surface area contributed by atoms with Gasteiger partial charge in [-0.15, -0.1) is 0 Å². The summed E-state index contributed by atoms with van der Waals surface area (Å²) in [5, 5.41) is 6.62. The summed E-state index contributed by atoms with van der Waals surface area (Å²) in [5.41, 5.74) is 0. The topological polar surface area (TPSA) is 97.6 Å². The summed E-state index contributed by atoms with van der Waals surface area (Å²) < 4.78 is 9.95. The lowest BCUT2D eigenvalue weighted by Gasteiger charge is -2.31. The molecule has 0 aliphatic carbocycles. The Bertz CT molecular complexity index is 517. The minimum absolute atomic E-state index is 0.0223. The van der Waals surface area contributed by atoms with Crippen molar-refractivity contribution in [2.75, 3.05) is 26.7 Å². The van der Waals surface area contributed by atoms with Crippen LogP contribution in [0.1, 0.15) is 31.5 Å². The average Bonchev–Trinajstić information content (AvgIpc) is 2.95. The molecule has 1 atom stereocenters. The van der Waals surface area contributed by atoms with Crippen LogP contribution in [0.5, 0.6) is 0 Å². The molecule has 0 spiro atoms. The van der Waals surface area contributed by atoms with Gasteiger partial charge in [-0.3, -0.25) is 9.59 Å². The highest BCUT2D eigenvalue weighted by Crippen LogP contribution is 2.16. The van der Waals surface area contributed by atoms with Gasteiger partial charge in [-0.25, -0.2) is 0 Å². The molecule has 8 heteroatoms. The van der Waals surface area contributed by atoms with E-state index in [2.05, 4.69) is 15.5 Å². The Morgan fingerprint density at radius 3 is 3.05 bits per heavy atom. The molecule has 0 aromatic carbocycles. The van der Waals surface area contributed by atoms with Gasteiger partial charge in [-0.1, -0.05) is 5.16 Å². The number of carbonyl (C=O) groups excluding carboxylic acids is 2. The van der Waals surface area contributed by atoms with Crippen LogP contribution in [0.4, 0.5) is 0 Å². The molecule has 0 bridgehead atoms. The Kier molecular flexibility index (Phi) is 5.88. The van der Waals surface area contributed by atoms with Crippen molar-refractivity contribution >= 4 is 11.8 Å². The molecular formula is C14H22N4O4. The van der Waals surface area contributed by atoms with E-state index in [1.807, 2.05) is 0 Å². The summed E-state index contributed by atoms with van der Waals surface area (Å²) in [4.78, 5) is 29.4. The summed E-state index contributed by atoms with van der Waals surface area (Å²) >= 11 is 0. The van der Waals surface area contributed by atoms with Crippen LogP contribution in [-0.2, 0) is 27.4 Å². The number of nitrogens with zero attached hydrogens (tertiary/aromatic N) is 3. The zero-order valence-electron chi connectivity index (χ0n) is 13.0. The van der Waals surface area contributed by atoms with Crippen molar-refractivity contribution in [2.45, 2.75) is 32.8 Å². The number of aromatic nitrogens is 2. The fourth-order valence-corrected chi connectivity index (χ4v) is 2.49. The van der Waals surface area contributed by atoms with Gasteiger partial charge in [-0.05, 0) is 12.8 Å². The predicted molar refractivity (Wildman–Crippen MR) is 76.7 cm³/mol. The number of piperidine rings is 1. The zero-order chi connectivity index (χ0) is 15.9. The van der Waals surface area contributed by atoms with Gasteiger partial charge in [-0.2, -0.15) is 4.98 Å². The first kappa shape index (κ1) is 16.4. The van der Waals surface area contributed by atoms with E-state index >= 15 is 0 Å². The first-order valence-corrected chi connectivity index (χ1v) is 7.43. The second-order valence-electron chi connectivity index (χ2n) is 5.38. The highest BCUT2D eigenvalue weighted by Gasteiger charge is 2.26. The van der Waals surface area contributed by atoms with Gasteiger partial charge in [0.25, 0.3) is 0 Å². The largest absolute Gasteiger partial charge is 0.377 e. The molecule has 122 valence electrons. The maximum absolute atomic E-state index is 12.1. The van der Waals surface area contributed by atoms with Crippen LogP contribution in [0.3, 0.4) is 0 Å². The smallest absolute Gasteiger partial charge is 0.228 e. The maximum atomic E-state index is 12.1. The third-order valence-electron chi connectivity index (χ3n) is 3.66. The highest BCUT2D eigenvalue weighted by atomic mass is 16.5. The van der Waals surface area contributed by atoms with Gasteiger partial charge in [0.1, 0.15) is 6.61 Å². The zero-order valence-corrected chi connectivity index (χ0v) is 13.0. The van der Waals surface area contributed by atoms with E-state index in [1.54, 1.807) is 12.0 Å². The fraction of sp³-hybridized carbons (Fsp3) is 0.714. The van der Waals surface area contributed by atoms with Crippen LogP contribution < -0.4 is 5.32 Å². The van der Waals surface area contributed by atoms with Crippen LogP contribution in [0, 0.1) is 5.92 Å². The molecule has 1 aliphatic heterocycles. The Hall–Kier alpha value is -1.96. The quantitative estimate of drug-likeness (QED) is 0.802. The first-order valence-electron chi connectivity index (χ1n) is 7.43. The van der Waals surface area contributed by atoms with E-state index in [0.717, 1.165) is 19.4 Å². The molecule has 0 saturated carbocycles. The van der Waals surface area contributed by atoms with Crippen molar-refractivity contribution < 1.29 is 18.8 Å². The van der Waals surface area contributed by atoms with Crippen molar-refractivity contribution in [3.8, 4) is 0 Å². The summed E-state index contributed by atoms with van der Waals surface area (Å²) in [6, 6.07) is 0. The lowest BCUT2D eigenvalue weighted by atomic mass is 9.97. The van der Waals surface area contributed by atoms with Crippen molar-refractivity contribution in [3.05, 3.63) is 11.7 Å². The number of methoxy groups -OCH3 is 1. The molecule has 2 rings (SSSR count). The van der Waals surface area contributed by atoms with Crippen molar-refractivity contribution in [1.82, 2.24) is 20.4 Å². The second kappa shape index (κ2) is 7.88. The lowest BCUT2D eigenvalue weighted by Crippen LogP contribution is -2.45. The highest BCUT2D eigenvalue weighted by molar-refractivity contribution is 5.80. The molecule has 22 heavy (non-hydrogen) atoms. The molecule has 1 aromatic heterocycles. The molecule has 1 aromatic rings. The molecule has 2 heterocycles. The predicted octanol–water partition coefficient (Wildman–Crippen LogP) is 0.133. The number of hydrogen-bond acceptors (Lipinski definition) is 6. The van der Waals surface area contributed by atoms with Gasteiger partial charge < -0.3 is 19.5 Å². The maximum Gasteiger partial charge on any atom is 0.228 e. The summed E-state index contributed by atoms with van der Waals surface area (Å²) in [5.74, 6) is 0.829. The summed E-state index contributed by atoms with van der Waals surface area (Å²) in [7, 11) is 1.56. The molecule has 1 N–H and O–H groups in total. The number of amides is 2. The van der Waals surface area contributed by atoms with Crippen molar-refractivity contribution in [2.24, 2.45) is 5.92 Å². The molecular weight excluding hydrogens is 288 g/mol. The molecule has 1 fully saturated rings. The average molecular weight is 310 g/mol. The standard InChI is InChI=1S/C14H22N4O4/c1-10(19)18-7-3-4-11(8-18)14(20)15-6-5-13-16-12(9-21-2)17-22-13/h11H,3-9H2,1-2H3,(H,15,20)/t11-/m1/s1. The van der Waals surface area contributed by atoms with E-state index in [1.165, 1.54) is 6.92 Å². The number of nitrogens with one attached hydrogen (secondary N) is 1. The third-order valence-corrected chi connectivity index (χ3v) is 3.66. The molecule has 8 nitrogen and oxygen atoms in total. The number of likely N-dealkylation sites (tertiary alicyclic amines) is 1. The van der Waals surface area contributed by atoms with E-state index in [0.29, 0.717) is 37.8 Å². The Balaban J connectivity index is 1.73. The van der Waals surface area contributed by atoms with Crippen LogP contribution in [-0.4, -0.2) is 53.6 Å². The van der Waals surface area contributed by atoms with Crippen molar-refractivity contribution in [1.29, 1.82) is 0 Å². The Labute approximate surface area is 129 Å². The molecule has 0 unspecified atom stereocenters. The Morgan fingerprint density at radius 2 is 2.32 bits per heavy atom. The van der Waals surface area contributed by atoms with E-state index in [4.69, 9.17) is 9.26 Å². The number of hydrogen-bond donors (Lipinski definition) is 1. The number of ether oxygens (including phenoxy) is 1. The van der Waals surface area contributed by atoms with Gasteiger partial charge in [0.15, 0.2) is 5.82 Å². The normalized spacial score (nSPS) is 18.3. The van der Waals surface area contributed by atoms with Gasteiger partial charge in [0.05, 0.1) is 5.92 Å². The van der Waals surface area contributed by atoms with Crippen LogP contribution in [0.15, 0.2) is 4.52 Å². The fourth-order valence-electron chi connectivity index (χ4n) is 2.49. The minimum Gasteiger partial charge on any atom is -0.377 e. The number of carbonyl (C=O) groups is 2. The number of rotatable bonds is 6. The first-order chi connectivity index (χ1) is 10.6. The minimum atomic E-state index is -0.135. The van der Waals surface area contributed by atoms with E-state index < -0.39 is 0 Å². The van der Waals surface area contributed by atoms with Crippen LogP contribution in [0.25, 0.3) is 0 Å². The summed E-state index contributed by atoms with van der Waals surface area (Å²) in [6.45, 7) is 3.51. The summed E-state index contributed by atoms with van der Waals surface area (Å²) in [6.07, 6.45) is 2.15. The van der Waals surface area contributed by atoms with Gasteiger partial charge in [0, 0.05) is 40.1 Å². The SMILES string of the molecule is COCc1noc(CCNC(=O)[C@@H]2CCCN(C(C)=O)C2)n1. The monoisotopic (exact) mass is 310 g/mol. The van der Waals surface area contributed by atoms with Crippen LogP contribution >= 0.6 is 0 Å². The van der Waals surface area contributed by atoms with E-state index in [-0.39, 0.29) is 17.7 Å². The van der Waals surface area contributed by atoms with E-state index in [9.17, 15) is 9.59 Å². The molecule has 0 radical (unpaired) electrons. The van der Waals surface area contributed by atoms with Crippen molar-refractivity contribution in [3.63, 3.8) is 0 Å².